The number of allylic oxidation sites excluding steroid dienone is 3. The summed E-state index contributed by atoms with van der Waals surface area (Å²) in [4.78, 5) is 37.2. The lowest BCUT2D eigenvalue weighted by Gasteiger charge is -2.17. The van der Waals surface area contributed by atoms with Crippen LogP contribution in [0.4, 0.5) is 0 Å². The van der Waals surface area contributed by atoms with E-state index in [4.69, 9.17) is 30.4 Å². The average molecular weight is 567 g/mol. The van der Waals surface area contributed by atoms with Crippen LogP contribution in [0.3, 0.4) is 0 Å². The zero-order valence-corrected chi connectivity index (χ0v) is 24.1. The third-order valence-electron chi connectivity index (χ3n) is 5.87. The third kappa shape index (κ3) is 9.93. The molecule has 0 saturated heterocycles. The fourth-order valence-electron chi connectivity index (χ4n) is 3.21. The minimum Gasteiger partial charge on any atom is -0.508 e. The fourth-order valence-corrected chi connectivity index (χ4v) is 3.21. The highest BCUT2D eigenvalue weighted by Gasteiger charge is 2.20. The molecule has 0 aromatic heterocycles. The summed E-state index contributed by atoms with van der Waals surface area (Å²) in [6.45, 7) is 7.34. The molecule has 2 rings (SSSR count). The van der Waals surface area contributed by atoms with Gasteiger partial charge in [0, 0.05) is 17.9 Å². The van der Waals surface area contributed by atoms with Crippen LogP contribution in [-0.2, 0) is 14.3 Å². The number of rotatable bonds is 13. The topological polar surface area (TPSA) is 160 Å². The standard InChI is InChI=1S/C31H38N2O8/c1-18(2)28(32)40-30(36)24-13-9-20(15-26(24)38-5)7-11-22(34)17-23(35)12-8-21-10-14-25(27(16-21)39-6)31(37)41-29(33)19(3)4/h7-19,28-29,34H,32-33H2,1-6H3/b11-7+,12-8+,22-17-. The van der Waals surface area contributed by atoms with E-state index in [0.717, 1.165) is 6.08 Å². The molecule has 10 heteroatoms. The minimum atomic E-state index is -0.753. The smallest absolute Gasteiger partial charge is 0.343 e. The Labute approximate surface area is 240 Å². The number of esters is 2. The van der Waals surface area contributed by atoms with Crippen LogP contribution >= 0.6 is 0 Å². The molecule has 10 nitrogen and oxygen atoms in total. The van der Waals surface area contributed by atoms with E-state index in [9.17, 15) is 19.5 Å². The number of hydrogen-bond donors (Lipinski definition) is 3. The lowest BCUT2D eigenvalue weighted by atomic mass is 10.1. The molecular weight excluding hydrogens is 528 g/mol. The van der Waals surface area contributed by atoms with Gasteiger partial charge in [-0.2, -0.15) is 0 Å². The Balaban J connectivity index is 2.09. The number of hydrogen-bond acceptors (Lipinski definition) is 10. The van der Waals surface area contributed by atoms with Crippen LogP contribution in [-0.4, -0.2) is 49.5 Å². The zero-order chi connectivity index (χ0) is 30.7. The quantitative estimate of drug-likeness (QED) is 0.102. The van der Waals surface area contributed by atoms with Gasteiger partial charge in [0.2, 0.25) is 0 Å². The zero-order valence-electron chi connectivity index (χ0n) is 24.1. The van der Waals surface area contributed by atoms with E-state index in [1.165, 1.54) is 44.6 Å². The van der Waals surface area contributed by atoms with Crippen molar-refractivity contribution in [2.45, 2.75) is 40.2 Å². The van der Waals surface area contributed by atoms with Crippen molar-refractivity contribution in [1.82, 2.24) is 0 Å². The summed E-state index contributed by atoms with van der Waals surface area (Å²) >= 11 is 0. The van der Waals surface area contributed by atoms with E-state index in [-0.39, 0.29) is 40.2 Å². The molecule has 0 saturated carbocycles. The predicted molar refractivity (Wildman–Crippen MR) is 156 cm³/mol. The molecule has 0 bridgehead atoms. The van der Waals surface area contributed by atoms with Gasteiger partial charge in [0.15, 0.2) is 18.2 Å². The van der Waals surface area contributed by atoms with Crippen molar-refractivity contribution in [1.29, 1.82) is 0 Å². The highest BCUT2D eigenvalue weighted by atomic mass is 16.6. The van der Waals surface area contributed by atoms with E-state index < -0.39 is 30.2 Å². The molecule has 0 aliphatic heterocycles. The number of carbonyl (C=O) groups is 3. The molecule has 0 heterocycles. The molecular formula is C31H38N2O8. The lowest BCUT2D eigenvalue weighted by Crippen LogP contribution is -2.32. The number of aliphatic hydroxyl groups excluding tert-OH is 1. The first-order valence-electron chi connectivity index (χ1n) is 13.0. The third-order valence-corrected chi connectivity index (χ3v) is 5.87. The Morgan fingerprint density at radius 2 is 1.15 bits per heavy atom. The second-order valence-corrected chi connectivity index (χ2v) is 9.79. The van der Waals surface area contributed by atoms with Gasteiger partial charge < -0.3 is 24.1 Å². The molecule has 0 radical (unpaired) electrons. The second kappa shape index (κ2) is 15.4. The summed E-state index contributed by atoms with van der Waals surface area (Å²) in [6.07, 6.45) is 5.20. The largest absolute Gasteiger partial charge is 0.508 e. The fraction of sp³-hybridized carbons (Fsp3) is 0.323. The molecule has 0 amide bonds. The van der Waals surface area contributed by atoms with Crippen LogP contribution in [0.2, 0.25) is 0 Å². The Kier molecular flexibility index (Phi) is 12.3. The molecule has 0 aliphatic carbocycles. The van der Waals surface area contributed by atoms with Crippen LogP contribution < -0.4 is 20.9 Å². The molecule has 0 aliphatic rings. The summed E-state index contributed by atoms with van der Waals surface area (Å²) in [5.74, 6) is -1.55. The van der Waals surface area contributed by atoms with Crippen LogP contribution in [0.15, 0.2) is 60.4 Å². The number of benzene rings is 2. The molecule has 0 fully saturated rings. The number of ketones is 1. The van der Waals surface area contributed by atoms with Crippen molar-refractivity contribution in [2.75, 3.05) is 14.2 Å². The van der Waals surface area contributed by atoms with E-state index in [2.05, 4.69) is 0 Å². The number of nitrogens with two attached hydrogens (primary N) is 2. The summed E-state index contributed by atoms with van der Waals surface area (Å²) in [7, 11) is 2.83. The molecule has 2 unspecified atom stereocenters. The van der Waals surface area contributed by atoms with Gasteiger partial charge in [-0.25, -0.2) is 9.59 Å². The lowest BCUT2D eigenvalue weighted by molar-refractivity contribution is -0.110. The first-order valence-corrected chi connectivity index (χ1v) is 13.0. The SMILES string of the molecule is COc1cc(/C=C/C(=O)/C=C(O)/C=C/c2ccc(C(=O)OC(N)C(C)C)c(OC)c2)ccc1C(=O)OC(N)C(C)C. The van der Waals surface area contributed by atoms with Crippen LogP contribution in [0, 0.1) is 11.8 Å². The van der Waals surface area contributed by atoms with Crippen LogP contribution in [0.25, 0.3) is 12.2 Å². The second-order valence-electron chi connectivity index (χ2n) is 9.79. The Bertz CT molecular complexity index is 1330. The number of carbonyl (C=O) groups excluding carboxylic acids is 3. The van der Waals surface area contributed by atoms with Crippen molar-refractivity contribution in [3.63, 3.8) is 0 Å². The number of aliphatic hydroxyl groups is 1. The van der Waals surface area contributed by atoms with Gasteiger partial charge in [0.05, 0.1) is 14.2 Å². The molecule has 41 heavy (non-hydrogen) atoms. The average Bonchev–Trinajstić information content (AvgIpc) is 2.94. The van der Waals surface area contributed by atoms with Crippen molar-refractivity contribution in [3.8, 4) is 11.5 Å². The van der Waals surface area contributed by atoms with Crippen molar-refractivity contribution >= 4 is 29.9 Å². The number of ether oxygens (including phenoxy) is 4. The maximum Gasteiger partial charge on any atom is 0.343 e. The maximum atomic E-state index is 12.4. The van der Waals surface area contributed by atoms with Crippen molar-refractivity contribution in [3.05, 3.63) is 82.6 Å². The first-order chi connectivity index (χ1) is 19.4. The predicted octanol–water partition coefficient (Wildman–Crippen LogP) is 4.64. The van der Waals surface area contributed by atoms with Gasteiger partial charge in [-0.15, -0.1) is 0 Å². The van der Waals surface area contributed by atoms with Gasteiger partial charge in [-0.1, -0.05) is 52.0 Å². The summed E-state index contributed by atoms with van der Waals surface area (Å²) in [6, 6.07) is 9.47. The van der Waals surface area contributed by atoms with Gasteiger partial charge in [0.25, 0.3) is 0 Å². The minimum absolute atomic E-state index is 0.0482. The Hall–Kier alpha value is -4.41. The molecule has 5 N–H and O–H groups in total. The van der Waals surface area contributed by atoms with E-state index >= 15 is 0 Å². The van der Waals surface area contributed by atoms with E-state index in [1.807, 2.05) is 27.7 Å². The summed E-state index contributed by atoms with van der Waals surface area (Å²) < 4.78 is 21.1. The van der Waals surface area contributed by atoms with E-state index in [1.54, 1.807) is 30.3 Å². The van der Waals surface area contributed by atoms with Crippen LogP contribution in [0.5, 0.6) is 11.5 Å². The van der Waals surface area contributed by atoms with Gasteiger partial charge >= 0.3 is 11.9 Å². The number of methoxy groups -OCH3 is 2. The maximum absolute atomic E-state index is 12.4. The molecule has 220 valence electrons. The monoisotopic (exact) mass is 566 g/mol. The molecule has 0 spiro atoms. The van der Waals surface area contributed by atoms with Crippen molar-refractivity contribution < 1.29 is 38.4 Å². The van der Waals surface area contributed by atoms with Crippen molar-refractivity contribution in [2.24, 2.45) is 23.3 Å². The summed E-state index contributed by atoms with van der Waals surface area (Å²) in [5, 5.41) is 10.2. The highest BCUT2D eigenvalue weighted by molar-refractivity contribution is 6.02. The van der Waals surface area contributed by atoms with Gasteiger partial charge in [-0.05, 0) is 47.5 Å². The first kappa shape index (κ1) is 32.8. The normalized spacial score (nSPS) is 13.5. The highest BCUT2D eigenvalue weighted by Crippen LogP contribution is 2.24. The Morgan fingerprint density at radius 3 is 1.54 bits per heavy atom. The van der Waals surface area contributed by atoms with Gasteiger partial charge in [-0.3, -0.25) is 16.3 Å². The molecule has 2 aromatic rings. The van der Waals surface area contributed by atoms with Gasteiger partial charge in [0.1, 0.15) is 28.4 Å². The van der Waals surface area contributed by atoms with E-state index in [0.29, 0.717) is 11.1 Å². The molecule has 2 atom stereocenters. The Morgan fingerprint density at radius 1 is 0.732 bits per heavy atom. The molecule has 2 aromatic carbocycles. The summed E-state index contributed by atoms with van der Waals surface area (Å²) in [5.41, 5.74) is 13.2. The van der Waals surface area contributed by atoms with Crippen LogP contribution in [0.1, 0.15) is 59.5 Å².